The minimum Gasteiger partial charge on any atom is -0.0798 e. The summed E-state index contributed by atoms with van der Waals surface area (Å²) in [5.41, 5.74) is 4.14. The Labute approximate surface area is 95.9 Å². The fourth-order valence-electron chi connectivity index (χ4n) is 2.34. The number of allylic oxidation sites excluding steroid dienone is 3. The summed E-state index contributed by atoms with van der Waals surface area (Å²) in [6.45, 7) is 2.16. The molecule has 78 valence electrons. The van der Waals surface area contributed by atoms with Crippen LogP contribution in [0.4, 0.5) is 0 Å². The van der Waals surface area contributed by atoms with Crippen molar-refractivity contribution in [3.63, 3.8) is 0 Å². The molecule has 0 N–H and O–H groups in total. The highest BCUT2D eigenvalue weighted by Crippen LogP contribution is 2.27. The molecular formula is C16H14. The van der Waals surface area contributed by atoms with Gasteiger partial charge in [0.1, 0.15) is 0 Å². The standard InChI is InChI=1S/C16H14/c1-12-5-4-7-14-10-9-13-6-2-3-8-15(13)16(14)11-12/h2-6,8-11H,7H2,1H3. The van der Waals surface area contributed by atoms with Crippen LogP contribution in [0.5, 0.6) is 0 Å². The molecule has 0 radical (unpaired) electrons. The first-order valence-corrected chi connectivity index (χ1v) is 5.70. The van der Waals surface area contributed by atoms with Gasteiger partial charge in [0.15, 0.2) is 0 Å². The number of rotatable bonds is 0. The van der Waals surface area contributed by atoms with Gasteiger partial charge < -0.3 is 0 Å². The third-order valence-electron chi connectivity index (χ3n) is 3.15. The topological polar surface area (TPSA) is 0 Å². The molecule has 0 aromatic heterocycles. The third-order valence-corrected chi connectivity index (χ3v) is 3.15. The molecule has 2 aromatic carbocycles. The van der Waals surface area contributed by atoms with Gasteiger partial charge in [-0.3, -0.25) is 0 Å². The second kappa shape index (κ2) is 3.64. The lowest BCUT2D eigenvalue weighted by molar-refractivity contribution is 1.28. The molecule has 0 heterocycles. The smallest absolute Gasteiger partial charge is 0.00881 e. The molecule has 1 aliphatic carbocycles. The van der Waals surface area contributed by atoms with Crippen LogP contribution in [0.1, 0.15) is 18.1 Å². The van der Waals surface area contributed by atoms with E-state index in [0.717, 1.165) is 6.42 Å². The Bertz CT molecular complexity index is 600. The van der Waals surface area contributed by atoms with Crippen molar-refractivity contribution in [3.05, 3.63) is 65.3 Å². The summed E-state index contributed by atoms with van der Waals surface area (Å²) < 4.78 is 0. The highest BCUT2D eigenvalue weighted by Gasteiger charge is 2.06. The van der Waals surface area contributed by atoms with Crippen molar-refractivity contribution in [1.29, 1.82) is 0 Å². The van der Waals surface area contributed by atoms with Crippen molar-refractivity contribution in [1.82, 2.24) is 0 Å². The normalized spacial score (nSPS) is 14.4. The molecule has 0 atom stereocenters. The van der Waals surface area contributed by atoms with E-state index in [0.29, 0.717) is 0 Å². The minimum atomic E-state index is 1.04. The van der Waals surface area contributed by atoms with E-state index in [-0.39, 0.29) is 0 Å². The van der Waals surface area contributed by atoms with Crippen LogP contribution < -0.4 is 0 Å². The Hall–Kier alpha value is -1.82. The van der Waals surface area contributed by atoms with E-state index in [9.17, 15) is 0 Å². The van der Waals surface area contributed by atoms with Crippen molar-refractivity contribution < 1.29 is 0 Å². The largest absolute Gasteiger partial charge is 0.0798 e. The first kappa shape index (κ1) is 9.41. The van der Waals surface area contributed by atoms with Gasteiger partial charge in [0.2, 0.25) is 0 Å². The fraction of sp³-hybridized carbons (Fsp3) is 0.125. The highest BCUT2D eigenvalue weighted by atomic mass is 14.1. The molecule has 0 amide bonds. The Balaban J connectivity index is 2.38. The molecule has 3 rings (SSSR count). The van der Waals surface area contributed by atoms with Gasteiger partial charge in [-0.25, -0.2) is 0 Å². The lowest BCUT2D eigenvalue weighted by Gasteiger charge is -2.07. The SMILES string of the molecule is CC1=Cc2c(ccc3ccccc23)CC=C1. The summed E-state index contributed by atoms with van der Waals surface area (Å²) in [6.07, 6.45) is 7.77. The Morgan fingerprint density at radius 2 is 1.88 bits per heavy atom. The monoisotopic (exact) mass is 206 g/mol. The third kappa shape index (κ3) is 1.47. The minimum absolute atomic E-state index is 1.04. The van der Waals surface area contributed by atoms with Crippen molar-refractivity contribution in [3.8, 4) is 0 Å². The zero-order valence-electron chi connectivity index (χ0n) is 9.40. The quantitative estimate of drug-likeness (QED) is 0.601. The molecular weight excluding hydrogens is 192 g/mol. The maximum absolute atomic E-state index is 2.29. The van der Waals surface area contributed by atoms with Gasteiger partial charge in [-0.05, 0) is 35.2 Å². The van der Waals surface area contributed by atoms with Gasteiger partial charge in [-0.2, -0.15) is 0 Å². The molecule has 0 unspecified atom stereocenters. The van der Waals surface area contributed by atoms with Gasteiger partial charge in [0.25, 0.3) is 0 Å². The van der Waals surface area contributed by atoms with Gasteiger partial charge in [0, 0.05) is 0 Å². The summed E-state index contributed by atoms with van der Waals surface area (Å²) >= 11 is 0. The van der Waals surface area contributed by atoms with E-state index in [1.54, 1.807) is 0 Å². The number of hydrogen-bond donors (Lipinski definition) is 0. The zero-order chi connectivity index (χ0) is 11.0. The molecule has 0 saturated heterocycles. The molecule has 0 nitrogen and oxygen atoms in total. The summed E-state index contributed by atoms with van der Waals surface area (Å²) in [5, 5.41) is 2.69. The summed E-state index contributed by atoms with van der Waals surface area (Å²) in [6, 6.07) is 13.1. The molecule has 0 heteroatoms. The molecule has 0 aliphatic heterocycles. The van der Waals surface area contributed by atoms with Gasteiger partial charge in [-0.15, -0.1) is 0 Å². The number of hydrogen-bond acceptors (Lipinski definition) is 0. The summed E-state index contributed by atoms with van der Waals surface area (Å²) in [4.78, 5) is 0. The van der Waals surface area contributed by atoms with Crippen LogP contribution in [-0.2, 0) is 6.42 Å². The number of fused-ring (bicyclic) bond motifs is 3. The fourth-order valence-corrected chi connectivity index (χ4v) is 2.34. The van der Waals surface area contributed by atoms with Crippen molar-refractivity contribution >= 4 is 16.8 Å². The van der Waals surface area contributed by atoms with Crippen LogP contribution in [-0.4, -0.2) is 0 Å². The molecule has 1 aliphatic rings. The lowest BCUT2D eigenvalue weighted by atomic mass is 9.97. The van der Waals surface area contributed by atoms with E-state index in [1.807, 2.05) is 0 Å². The van der Waals surface area contributed by atoms with E-state index < -0.39 is 0 Å². The van der Waals surface area contributed by atoms with Gasteiger partial charge >= 0.3 is 0 Å². The van der Waals surface area contributed by atoms with Crippen molar-refractivity contribution in [2.24, 2.45) is 0 Å². The molecule has 0 bridgehead atoms. The maximum atomic E-state index is 2.29. The van der Waals surface area contributed by atoms with Gasteiger partial charge in [0.05, 0.1) is 0 Å². The second-order valence-electron chi connectivity index (χ2n) is 4.35. The molecule has 0 fully saturated rings. The summed E-state index contributed by atoms with van der Waals surface area (Å²) in [7, 11) is 0. The average molecular weight is 206 g/mol. The molecule has 16 heavy (non-hydrogen) atoms. The average Bonchev–Trinajstić information content (AvgIpc) is 2.50. The predicted molar refractivity (Wildman–Crippen MR) is 70.4 cm³/mol. The second-order valence-corrected chi connectivity index (χ2v) is 4.35. The molecule has 0 spiro atoms. The Kier molecular flexibility index (Phi) is 2.14. The lowest BCUT2D eigenvalue weighted by Crippen LogP contribution is -1.88. The van der Waals surface area contributed by atoms with E-state index in [2.05, 4.69) is 61.5 Å². The van der Waals surface area contributed by atoms with Crippen LogP contribution in [0.3, 0.4) is 0 Å². The first-order chi connectivity index (χ1) is 7.84. The Morgan fingerprint density at radius 1 is 1.00 bits per heavy atom. The van der Waals surface area contributed by atoms with Crippen LogP contribution in [0.15, 0.2) is 54.1 Å². The van der Waals surface area contributed by atoms with Crippen molar-refractivity contribution in [2.45, 2.75) is 13.3 Å². The van der Waals surface area contributed by atoms with E-state index >= 15 is 0 Å². The van der Waals surface area contributed by atoms with E-state index in [4.69, 9.17) is 0 Å². The summed E-state index contributed by atoms with van der Waals surface area (Å²) in [5.74, 6) is 0. The van der Waals surface area contributed by atoms with Crippen LogP contribution in [0.2, 0.25) is 0 Å². The highest BCUT2D eigenvalue weighted by molar-refractivity contribution is 5.92. The predicted octanol–water partition coefficient (Wildman–Crippen LogP) is 4.36. The van der Waals surface area contributed by atoms with Crippen LogP contribution in [0.25, 0.3) is 16.8 Å². The van der Waals surface area contributed by atoms with Crippen molar-refractivity contribution in [2.75, 3.05) is 0 Å². The van der Waals surface area contributed by atoms with Crippen LogP contribution >= 0.6 is 0 Å². The molecule has 0 saturated carbocycles. The maximum Gasteiger partial charge on any atom is -0.00881 e. The first-order valence-electron chi connectivity index (χ1n) is 5.70. The van der Waals surface area contributed by atoms with Crippen LogP contribution in [0, 0.1) is 0 Å². The number of benzene rings is 2. The molecule has 2 aromatic rings. The zero-order valence-corrected chi connectivity index (χ0v) is 9.40. The van der Waals surface area contributed by atoms with E-state index in [1.165, 1.54) is 27.5 Å². The van der Waals surface area contributed by atoms with Gasteiger partial charge in [-0.1, -0.05) is 60.2 Å². The Morgan fingerprint density at radius 3 is 2.81 bits per heavy atom.